The van der Waals surface area contributed by atoms with Crippen LogP contribution in [0.15, 0.2) is 16.6 Å². The summed E-state index contributed by atoms with van der Waals surface area (Å²) in [4.78, 5) is 8.65. The van der Waals surface area contributed by atoms with Gasteiger partial charge < -0.3 is 10.6 Å². The zero-order valence-corrected chi connectivity index (χ0v) is 10.1. The highest BCUT2D eigenvalue weighted by molar-refractivity contribution is 7.09. The Bertz CT molecular complexity index is 274. The molecule has 1 rings (SSSR count). The molecular weight excluding hydrogens is 208 g/mol. The maximum absolute atomic E-state index is 4.44. The molecule has 0 radical (unpaired) electrons. The highest BCUT2D eigenvalue weighted by atomic mass is 32.1. The molecule has 4 nitrogen and oxygen atoms in total. The van der Waals surface area contributed by atoms with E-state index in [4.69, 9.17) is 0 Å². The van der Waals surface area contributed by atoms with Crippen LogP contribution in [0, 0.1) is 0 Å². The zero-order chi connectivity index (χ0) is 10.9. The van der Waals surface area contributed by atoms with Crippen molar-refractivity contribution in [1.82, 2.24) is 15.6 Å². The number of aliphatic imine (C=N–C) groups is 1. The molecule has 0 aliphatic carbocycles. The molecule has 84 valence electrons. The first-order valence-electron chi connectivity index (χ1n) is 5.27. The first-order chi connectivity index (χ1) is 7.36. The number of hydrogen-bond donors (Lipinski definition) is 2. The van der Waals surface area contributed by atoms with Crippen LogP contribution < -0.4 is 10.6 Å². The van der Waals surface area contributed by atoms with Gasteiger partial charge in [-0.3, -0.25) is 4.99 Å². The number of hydrogen-bond acceptors (Lipinski definition) is 3. The fourth-order valence-corrected chi connectivity index (χ4v) is 1.76. The molecule has 0 fully saturated rings. The molecule has 2 N–H and O–H groups in total. The Hall–Kier alpha value is -1.10. The standard InChI is InChI=1S/C10H18N4S/c1-3-11-10(12-4-2)14-6-5-9-13-7-8-15-9/h7-8H,3-6H2,1-2H3,(H2,11,12,14). The van der Waals surface area contributed by atoms with Gasteiger partial charge in [0, 0.05) is 37.6 Å². The van der Waals surface area contributed by atoms with Crippen LogP contribution in [0.2, 0.25) is 0 Å². The normalized spacial score (nSPS) is 9.73. The van der Waals surface area contributed by atoms with Gasteiger partial charge in [-0.05, 0) is 13.8 Å². The van der Waals surface area contributed by atoms with Crippen molar-refractivity contribution in [2.75, 3.05) is 19.6 Å². The van der Waals surface area contributed by atoms with E-state index in [9.17, 15) is 0 Å². The Morgan fingerprint density at radius 2 is 2.13 bits per heavy atom. The minimum absolute atomic E-state index is 0.781. The quantitative estimate of drug-likeness (QED) is 0.587. The van der Waals surface area contributed by atoms with Crippen LogP contribution in [0.25, 0.3) is 0 Å². The molecule has 0 atom stereocenters. The zero-order valence-electron chi connectivity index (χ0n) is 9.29. The van der Waals surface area contributed by atoms with Crippen molar-refractivity contribution in [2.45, 2.75) is 20.3 Å². The lowest BCUT2D eigenvalue weighted by Gasteiger charge is -2.08. The minimum atomic E-state index is 0.781. The van der Waals surface area contributed by atoms with Crippen molar-refractivity contribution in [2.24, 2.45) is 4.99 Å². The summed E-state index contributed by atoms with van der Waals surface area (Å²) < 4.78 is 0. The molecule has 0 unspecified atom stereocenters. The van der Waals surface area contributed by atoms with Gasteiger partial charge in [-0.1, -0.05) is 0 Å². The van der Waals surface area contributed by atoms with E-state index in [1.807, 2.05) is 11.6 Å². The lowest BCUT2D eigenvalue weighted by Crippen LogP contribution is -2.37. The van der Waals surface area contributed by atoms with Crippen LogP contribution in [0.5, 0.6) is 0 Å². The van der Waals surface area contributed by atoms with Crippen molar-refractivity contribution >= 4 is 17.3 Å². The molecular formula is C10H18N4S. The van der Waals surface area contributed by atoms with E-state index in [0.29, 0.717) is 0 Å². The van der Waals surface area contributed by atoms with Gasteiger partial charge in [0.25, 0.3) is 0 Å². The van der Waals surface area contributed by atoms with Gasteiger partial charge in [0.05, 0.1) is 5.01 Å². The highest BCUT2D eigenvalue weighted by Gasteiger charge is 1.96. The smallest absolute Gasteiger partial charge is 0.191 e. The van der Waals surface area contributed by atoms with Gasteiger partial charge in [0.1, 0.15) is 0 Å². The van der Waals surface area contributed by atoms with Gasteiger partial charge in [0.15, 0.2) is 5.96 Å². The molecule has 1 aromatic heterocycles. The topological polar surface area (TPSA) is 49.3 Å². The van der Waals surface area contributed by atoms with E-state index < -0.39 is 0 Å². The van der Waals surface area contributed by atoms with Crippen LogP contribution >= 0.6 is 11.3 Å². The Morgan fingerprint density at radius 1 is 1.40 bits per heavy atom. The highest BCUT2D eigenvalue weighted by Crippen LogP contribution is 2.04. The first-order valence-corrected chi connectivity index (χ1v) is 6.15. The molecule has 0 spiro atoms. The molecule has 0 amide bonds. The van der Waals surface area contributed by atoms with Crippen molar-refractivity contribution in [3.05, 3.63) is 16.6 Å². The second-order valence-corrected chi connectivity index (χ2v) is 3.95. The lowest BCUT2D eigenvalue weighted by atomic mass is 10.4. The summed E-state index contributed by atoms with van der Waals surface area (Å²) in [6.45, 7) is 6.69. The van der Waals surface area contributed by atoms with E-state index in [0.717, 1.165) is 37.0 Å². The first kappa shape index (κ1) is 12.0. The molecule has 15 heavy (non-hydrogen) atoms. The Labute approximate surface area is 94.8 Å². The Kier molecular flexibility index (Phi) is 5.77. The SMILES string of the molecule is CCNC(=NCCc1nccs1)NCC. The van der Waals surface area contributed by atoms with E-state index in [-0.39, 0.29) is 0 Å². The summed E-state index contributed by atoms with van der Waals surface area (Å²) in [5.74, 6) is 0.886. The summed E-state index contributed by atoms with van der Waals surface area (Å²) in [7, 11) is 0. The van der Waals surface area contributed by atoms with Crippen LogP contribution in [0.4, 0.5) is 0 Å². The average Bonchev–Trinajstić information content (AvgIpc) is 2.71. The molecule has 1 heterocycles. The van der Waals surface area contributed by atoms with Crippen molar-refractivity contribution < 1.29 is 0 Å². The van der Waals surface area contributed by atoms with Crippen LogP contribution in [-0.4, -0.2) is 30.6 Å². The molecule has 0 saturated heterocycles. The van der Waals surface area contributed by atoms with Gasteiger partial charge in [-0.25, -0.2) is 4.98 Å². The van der Waals surface area contributed by atoms with Gasteiger partial charge >= 0.3 is 0 Å². The number of rotatable bonds is 5. The molecule has 0 aliphatic heterocycles. The van der Waals surface area contributed by atoms with Crippen LogP contribution in [-0.2, 0) is 6.42 Å². The molecule has 5 heteroatoms. The molecule has 0 aromatic carbocycles. The molecule has 1 aromatic rings. The van der Waals surface area contributed by atoms with Gasteiger partial charge in [0.2, 0.25) is 0 Å². The fraction of sp³-hybridized carbons (Fsp3) is 0.600. The van der Waals surface area contributed by atoms with E-state index >= 15 is 0 Å². The molecule has 0 bridgehead atoms. The minimum Gasteiger partial charge on any atom is -0.357 e. The van der Waals surface area contributed by atoms with Crippen LogP contribution in [0.1, 0.15) is 18.9 Å². The fourth-order valence-electron chi connectivity index (χ4n) is 1.15. The van der Waals surface area contributed by atoms with Crippen molar-refractivity contribution in [1.29, 1.82) is 0 Å². The summed E-state index contributed by atoms with van der Waals surface area (Å²) in [5, 5.41) is 9.51. The van der Waals surface area contributed by atoms with Gasteiger partial charge in [-0.15, -0.1) is 11.3 Å². The van der Waals surface area contributed by atoms with E-state index in [2.05, 4.69) is 34.5 Å². The van der Waals surface area contributed by atoms with E-state index in [1.165, 1.54) is 0 Å². The van der Waals surface area contributed by atoms with E-state index in [1.54, 1.807) is 11.3 Å². The number of thiazole rings is 1. The predicted molar refractivity (Wildman–Crippen MR) is 65.5 cm³/mol. The van der Waals surface area contributed by atoms with Crippen LogP contribution in [0.3, 0.4) is 0 Å². The van der Waals surface area contributed by atoms with Crippen molar-refractivity contribution in [3.63, 3.8) is 0 Å². The van der Waals surface area contributed by atoms with Crippen molar-refractivity contribution in [3.8, 4) is 0 Å². The maximum atomic E-state index is 4.44. The summed E-state index contributed by atoms with van der Waals surface area (Å²) in [5.41, 5.74) is 0. The second-order valence-electron chi connectivity index (χ2n) is 2.97. The predicted octanol–water partition coefficient (Wildman–Crippen LogP) is 1.26. The number of aromatic nitrogens is 1. The number of nitrogens with zero attached hydrogens (tertiary/aromatic N) is 2. The maximum Gasteiger partial charge on any atom is 0.191 e. The molecule has 0 aliphatic rings. The summed E-state index contributed by atoms with van der Waals surface area (Å²) >= 11 is 1.68. The number of guanidine groups is 1. The third-order valence-electron chi connectivity index (χ3n) is 1.77. The van der Waals surface area contributed by atoms with Gasteiger partial charge in [-0.2, -0.15) is 0 Å². The largest absolute Gasteiger partial charge is 0.357 e. The average molecular weight is 226 g/mol. The Balaban J connectivity index is 2.32. The monoisotopic (exact) mass is 226 g/mol. The summed E-state index contributed by atoms with van der Waals surface area (Å²) in [6, 6.07) is 0. The third kappa shape index (κ3) is 4.78. The third-order valence-corrected chi connectivity index (χ3v) is 2.61. The lowest BCUT2D eigenvalue weighted by molar-refractivity contribution is 0.832. The second kappa shape index (κ2) is 7.23. The number of nitrogens with one attached hydrogen (secondary N) is 2. The Morgan fingerprint density at radius 3 is 2.67 bits per heavy atom. The summed E-state index contributed by atoms with van der Waals surface area (Å²) in [6.07, 6.45) is 2.75. The molecule has 0 saturated carbocycles.